The minimum absolute atomic E-state index is 0.105. The Morgan fingerprint density at radius 3 is 2.73 bits per heavy atom. The van der Waals surface area contributed by atoms with Gasteiger partial charge in [-0.2, -0.15) is 0 Å². The van der Waals surface area contributed by atoms with Gasteiger partial charge in [-0.1, -0.05) is 23.7 Å². The Hall–Kier alpha value is -1.19. The lowest BCUT2D eigenvalue weighted by molar-refractivity contribution is -0.0352. The summed E-state index contributed by atoms with van der Waals surface area (Å²) in [5.41, 5.74) is -1.48. The highest BCUT2D eigenvalue weighted by atomic mass is 35.5. The lowest BCUT2D eigenvalue weighted by atomic mass is 10.0. The summed E-state index contributed by atoms with van der Waals surface area (Å²) in [6.07, 6.45) is -0.308. The Balaban J connectivity index is 2.13. The first-order chi connectivity index (χ1) is 10.1. The molecule has 1 amide bonds. The van der Waals surface area contributed by atoms with Crippen LogP contribution in [0, 0.1) is 0 Å². The van der Waals surface area contributed by atoms with Crippen LogP contribution >= 0.6 is 11.6 Å². The molecule has 0 spiro atoms. The van der Waals surface area contributed by atoms with Crippen molar-refractivity contribution in [3.05, 3.63) is 34.9 Å². The molecule has 3 N–H and O–H groups in total. The van der Waals surface area contributed by atoms with Gasteiger partial charge in [-0.15, -0.1) is 0 Å². The zero-order valence-electron chi connectivity index (χ0n) is 11.9. The minimum Gasteiger partial charge on any atom is -0.388 e. The second kappa shape index (κ2) is 6.13. The number of carbonyl (C=O) groups is 1. The summed E-state index contributed by atoms with van der Waals surface area (Å²) in [5, 5.41) is 20.6. The summed E-state index contributed by atoms with van der Waals surface area (Å²) in [6.45, 7) is -0.675. The summed E-state index contributed by atoms with van der Waals surface area (Å²) < 4.78 is 24.4. The molecule has 22 heavy (non-hydrogen) atoms. The van der Waals surface area contributed by atoms with Gasteiger partial charge in [0.1, 0.15) is 11.7 Å². The first-order valence-corrected chi connectivity index (χ1v) is 8.78. The molecule has 122 valence electrons. The zero-order valence-corrected chi connectivity index (χ0v) is 13.4. The maximum absolute atomic E-state index is 12.4. The predicted molar refractivity (Wildman–Crippen MR) is 81.2 cm³/mol. The van der Waals surface area contributed by atoms with Crippen LogP contribution in [-0.2, 0) is 10.0 Å². The minimum atomic E-state index is -3.52. The van der Waals surface area contributed by atoms with Crippen molar-refractivity contribution in [3.63, 3.8) is 0 Å². The summed E-state index contributed by atoms with van der Waals surface area (Å²) in [6, 6.07) is 6.45. The third-order valence-corrected chi connectivity index (χ3v) is 4.51. The second-order valence-electron chi connectivity index (χ2n) is 5.38. The lowest BCUT2D eigenvalue weighted by Crippen LogP contribution is -2.51. The van der Waals surface area contributed by atoms with E-state index in [4.69, 9.17) is 11.6 Å². The third-order valence-electron chi connectivity index (χ3n) is 3.51. The number of hydrogen-bond acceptors (Lipinski definition) is 5. The number of nitrogens with zero attached hydrogens (tertiary/aromatic N) is 1. The summed E-state index contributed by atoms with van der Waals surface area (Å²) >= 11 is 5.96. The van der Waals surface area contributed by atoms with Crippen molar-refractivity contribution < 1.29 is 23.4 Å². The van der Waals surface area contributed by atoms with Crippen LogP contribution in [0.5, 0.6) is 0 Å². The highest BCUT2D eigenvalue weighted by Crippen LogP contribution is 2.25. The predicted octanol–water partition coefficient (Wildman–Crippen LogP) is -0.563. The van der Waals surface area contributed by atoms with Gasteiger partial charge >= 0.3 is 0 Å². The van der Waals surface area contributed by atoms with E-state index in [1.807, 2.05) is 0 Å². The molecular weight excluding hydrogens is 332 g/mol. The van der Waals surface area contributed by atoms with Gasteiger partial charge in [-0.05, 0) is 12.1 Å². The highest BCUT2D eigenvalue weighted by Gasteiger charge is 2.46. The van der Waals surface area contributed by atoms with Crippen LogP contribution in [0.4, 0.5) is 0 Å². The van der Waals surface area contributed by atoms with Crippen molar-refractivity contribution in [1.82, 2.24) is 9.62 Å². The topological polar surface area (TPSA) is 107 Å². The molecule has 0 unspecified atom stereocenters. The number of halogens is 1. The largest absolute Gasteiger partial charge is 0.388 e. The zero-order chi connectivity index (χ0) is 16.5. The molecule has 0 radical (unpaired) electrons. The molecule has 1 saturated heterocycles. The van der Waals surface area contributed by atoms with Gasteiger partial charge in [0.25, 0.3) is 5.91 Å². The maximum atomic E-state index is 12.4. The quantitative estimate of drug-likeness (QED) is 0.676. The van der Waals surface area contributed by atoms with E-state index in [2.05, 4.69) is 4.72 Å². The van der Waals surface area contributed by atoms with E-state index in [0.29, 0.717) is 0 Å². The molecular formula is C13H17ClN2O5S. The smallest absolute Gasteiger partial charge is 0.255 e. The monoisotopic (exact) mass is 348 g/mol. The van der Waals surface area contributed by atoms with Crippen LogP contribution in [0.3, 0.4) is 0 Å². The van der Waals surface area contributed by atoms with Crippen molar-refractivity contribution >= 4 is 27.5 Å². The fourth-order valence-corrected chi connectivity index (χ4v) is 3.00. The van der Waals surface area contributed by atoms with Crippen LogP contribution in [0.25, 0.3) is 0 Å². The number of likely N-dealkylation sites (tertiary alicyclic amines) is 1. The first-order valence-electron chi connectivity index (χ1n) is 6.51. The van der Waals surface area contributed by atoms with Crippen LogP contribution in [0.1, 0.15) is 10.4 Å². The second-order valence-corrected chi connectivity index (χ2v) is 7.62. The summed E-state index contributed by atoms with van der Waals surface area (Å²) in [4.78, 5) is 13.6. The van der Waals surface area contributed by atoms with Gasteiger partial charge in [0, 0.05) is 13.1 Å². The van der Waals surface area contributed by atoms with E-state index < -0.39 is 27.6 Å². The van der Waals surface area contributed by atoms with E-state index in [9.17, 15) is 23.4 Å². The number of rotatable bonds is 4. The lowest BCUT2D eigenvalue weighted by Gasteiger charge is -2.25. The number of hydrogen-bond donors (Lipinski definition) is 3. The van der Waals surface area contributed by atoms with Gasteiger partial charge in [0.05, 0.1) is 23.4 Å². The number of aliphatic hydroxyl groups is 2. The van der Waals surface area contributed by atoms with Gasteiger partial charge in [0.15, 0.2) is 0 Å². The van der Waals surface area contributed by atoms with Gasteiger partial charge in [-0.25, -0.2) is 13.1 Å². The van der Waals surface area contributed by atoms with Crippen LogP contribution in [0.2, 0.25) is 5.02 Å². The number of nitrogens with one attached hydrogen (secondary N) is 1. The molecule has 2 atom stereocenters. The molecule has 7 nitrogen and oxygen atoms in total. The number of β-amino-alcohol motifs (C(OH)–C–C–N with tert-alkyl or cyclic N) is 2. The van der Waals surface area contributed by atoms with Gasteiger partial charge in [-0.3, -0.25) is 4.79 Å². The van der Waals surface area contributed by atoms with E-state index >= 15 is 0 Å². The standard InChI is InChI=1S/C13H17ClN2O5S/c1-22(20,21)15-7-13(19)8-16(6-11(13)17)12(18)9-4-2-3-5-10(9)14/h2-5,11,15,17,19H,6-8H2,1H3/t11-,13+/m1/s1. The van der Waals surface area contributed by atoms with E-state index in [-0.39, 0.29) is 30.2 Å². The maximum Gasteiger partial charge on any atom is 0.255 e. The normalized spacial score (nSPS) is 25.5. The fourth-order valence-electron chi connectivity index (χ4n) is 2.27. The number of carbonyl (C=O) groups excluding carboxylic acids is 1. The average molecular weight is 349 g/mol. The summed E-state index contributed by atoms with van der Waals surface area (Å²) in [5.74, 6) is -0.431. The van der Waals surface area contributed by atoms with E-state index in [1.165, 1.54) is 4.90 Å². The molecule has 1 fully saturated rings. The highest BCUT2D eigenvalue weighted by molar-refractivity contribution is 7.88. The molecule has 1 aliphatic heterocycles. The molecule has 9 heteroatoms. The Morgan fingerprint density at radius 2 is 2.14 bits per heavy atom. The molecule has 0 bridgehead atoms. The van der Waals surface area contributed by atoms with Gasteiger partial charge in [0.2, 0.25) is 10.0 Å². The van der Waals surface area contributed by atoms with Crippen LogP contribution < -0.4 is 4.72 Å². The Labute approximate surface area is 133 Å². The molecule has 1 heterocycles. The molecule has 0 aliphatic carbocycles. The first kappa shape index (κ1) is 17.2. The number of amides is 1. The van der Waals surface area contributed by atoms with Crippen LogP contribution in [0.15, 0.2) is 24.3 Å². The molecule has 1 aliphatic rings. The van der Waals surface area contributed by atoms with E-state index in [1.54, 1.807) is 24.3 Å². The van der Waals surface area contributed by atoms with Crippen molar-refractivity contribution in [2.45, 2.75) is 11.7 Å². The third kappa shape index (κ3) is 3.76. The Bertz CT molecular complexity index is 681. The van der Waals surface area contributed by atoms with Crippen LogP contribution in [-0.4, -0.2) is 67.0 Å². The SMILES string of the molecule is CS(=O)(=O)NC[C@]1(O)CN(C(=O)c2ccccc2Cl)C[C@H]1O. The van der Waals surface area contributed by atoms with Crippen molar-refractivity contribution in [2.24, 2.45) is 0 Å². The van der Waals surface area contributed by atoms with Crippen molar-refractivity contribution in [2.75, 3.05) is 25.9 Å². The van der Waals surface area contributed by atoms with Crippen molar-refractivity contribution in [1.29, 1.82) is 0 Å². The molecule has 0 saturated carbocycles. The fraction of sp³-hybridized carbons (Fsp3) is 0.462. The van der Waals surface area contributed by atoms with E-state index in [0.717, 1.165) is 6.26 Å². The summed E-state index contributed by atoms with van der Waals surface area (Å²) in [7, 11) is -3.52. The number of sulfonamides is 1. The molecule has 1 aromatic carbocycles. The van der Waals surface area contributed by atoms with Gasteiger partial charge < -0.3 is 15.1 Å². The number of aliphatic hydroxyl groups excluding tert-OH is 1. The number of benzene rings is 1. The molecule has 2 rings (SSSR count). The molecule has 1 aromatic rings. The Kier molecular flexibility index (Phi) is 4.78. The molecule has 0 aromatic heterocycles. The Morgan fingerprint density at radius 1 is 1.50 bits per heavy atom. The van der Waals surface area contributed by atoms with Crippen molar-refractivity contribution in [3.8, 4) is 0 Å². The average Bonchev–Trinajstić information content (AvgIpc) is 2.72.